The summed E-state index contributed by atoms with van der Waals surface area (Å²) < 4.78 is 0. The Morgan fingerprint density at radius 2 is 1.91 bits per heavy atom. The first-order valence-corrected chi connectivity index (χ1v) is 12.1. The molecule has 2 aromatic carbocycles. The maximum absolute atomic E-state index is 11.5. The van der Waals surface area contributed by atoms with Crippen molar-refractivity contribution in [3.05, 3.63) is 71.6 Å². The van der Waals surface area contributed by atoms with Gasteiger partial charge in [-0.05, 0) is 87.4 Å². The van der Waals surface area contributed by atoms with E-state index in [0.717, 1.165) is 62.1 Å². The van der Waals surface area contributed by atoms with Gasteiger partial charge in [0.25, 0.3) is 0 Å². The normalized spacial score (nSPS) is 24.9. The van der Waals surface area contributed by atoms with Crippen LogP contribution in [-0.2, 0) is 6.42 Å². The molecule has 2 bridgehead atoms. The highest BCUT2D eigenvalue weighted by atomic mass is 16.3. The van der Waals surface area contributed by atoms with Crippen molar-refractivity contribution in [3.8, 4) is 0 Å². The molecule has 3 aliphatic carbocycles. The van der Waals surface area contributed by atoms with Gasteiger partial charge >= 0.3 is 0 Å². The molecule has 0 aliphatic heterocycles. The zero-order chi connectivity index (χ0) is 22.1. The van der Waals surface area contributed by atoms with E-state index in [0.29, 0.717) is 5.92 Å². The van der Waals surface area contributed by atoms with Crippen LogP contribution in [0.5, 0.6) is 0 Å². The fourth-order valence-corrected chi connectivity index (χ4v) is 5.82. The lowest BCUT2D eigenvalue weighted by Gasteiger charge is -2.48. The van der Waals surface area contributed by atoms with Crippen molar-refractivity contribution in [1.82, 2.24) is 14.9 Å². The van der Waals surface area contributed by atoms with Crippen LogP contribution in [0.3, 0.4) is 0 Å². The molecule has 3 atom stereocenters. The van der Waals surface area contributed by atoms with E-state index in [9.17, 15) is 5.11 Å². The number of rotatable bonds is 8. The second kappa shape index (κ2) is 8.84. The molecule has 0 saturated heterocycles. The van der Waals surface area contributed by atoms with Crippen LogP contribution >= 0.6 is 0 Å². The summed E-state index contributed by atoms with van der Waals surface area (Å²) in [5.41, 5.74) is 5.81. The standard InChI is InChI=1S/C28H35N3O/c1-20-8-3-4-9-23(20)24-18-22-14-13-21(24)19-28(22,32)15-17-31(2)16-7-12-27-29-25-10-5-6-11-26(25)30-27/h3-6,8-11,18,21-22,32H,7,12-17,19H2,1-2H3,(H,29,30)/t21-,22?,28?/m0/s1. The molecule has 1 aromatic heterocycles. The summed E-state index contributed by atoms with van der Waals surface area (Å²) in [4.78, 5) is 10.5. The van der Waals surface area contributed by atoms with Crippen molar-refractivity contribution in [1.29, 1.82) is 0 Å². The summed E-state index contributed by atoms with van der Waals surface area (Å²) in [6.45, 7) is 4.16. The van der Waals surface area contributed by atoms with Crippen molar-refractivity contribution in [3.63, 3.8) is 0 Å². The lowest BCUT2D eigenvalue weighted by Crippen LogP contribution is -2.48. The van der Waals surface area contributed by atoms with Gasteiger partial charge in [0.15, 0.2) is 0 Å². The van der Waals surface area contributed by atoms with Crippen LogP contribution in [0.4, 0.5) is 0 Å². The number of aromatic nitrogens is 2. The molecular weight excluding hydrogens is 394 g/mol. The Bertz CT molecular complexity index is 1080. The van der Waals surface area contributed by atoms with Gasteiger partial charge in [-0.25, -0.2) is 4.98 Å². The smallest absolute Gasteiger partial charge is 0.107 e. The van der Waals surface area contributed by atoms with Crippen molar-refractivity contribution in [2.45, 2.75) is 51.0 Å². The molecule has 2 N–H and O–H groups in total. The number of H-pyrrole nitrogens is 1. The minimum absolute atomic E-state index is 0.283. The van der Waals surface area contributed by atoms with Crippen LogP contribution in [-0.4, -0.2) is 45.7 Å². The molecule has 0 radical (unpaired) electrons. The molecule has 4 nitrogen and oxygen atoms in total. The monoisotopic (exact) mass is 429 g/mol. The van der Waals surface area contributed by atoms with Crippen LogP contribution < -0.4 is 0 Å². The van der Waals surface area contributed by atoms with E-state index in [2.05, 4.69) is 71.3 Å². The Labute approximate surface area is 191 Å². The minimum atomic E-state index is -0.553. The third-order valence-corrected chi connectivity index (χ3v) is 7.71. The fraction of sp³-hybridized carbons (Fsp3) is 0.464. The van der Waals surface area contributed by atoms with Gasteiger partial charge in [-0.3, -0.25) is 0 Å². The molecule has 1 saturated carbocycles. The summed E-state index contributed by atoms with van der Waals surface area (Å²) in [6.07, 6.45) is 8.51. The summed E-state index contributed by atoms with van der Waals surface area (Å²) in [5.74, 6) is 1.84. The van der Waals surface area contributed by atoms with E-state index >= 15 is 0 Å². The topological polar surface area (TPSA) is 52.1 Å². The average Bonchev–Trinajstić information content (AvgIpc) is 3.21. The average molecular weight is 430 g/mol. The molecule has 4 heteroatoms. The second-order valence-corrected chi connectivity index (χ2v) is 9.98. The molecular formula is C28H35N3O. The number of allylic oxidation sites excluding steroid dienone is 1. The first-order valence-electron chi connectivity index (χ1n) is 12.1. The first-order chi connectivity index (χ1) is 15.5. The largest absolute Gasteiger partial charge is 0.389 e. The fourth-order valence-electron chi connectivity index (χ4n) is 5.82. The Kier molecular flexibility index (Phi) is 5.92. The predicted octanol–water partition coefficient (Wildman–Crippen LogP) is 5.37. The number of fused-ring (bicyclic) bond motifs is 3. The van der Waals surface area contributed by atoms with Gasteiger partial charge < -0.3 is 15.0 Å². The van der Waals surface area contributed by atoms with Crippen molar-refractivity contribution < 1.29 is 5.11 Å². The number of benzene rings is 2. The number of nitrogens with zero attached hydrogens (tertiary/aromatic N) is 2. The zero-order valence-corrected chi connectivity index (χ0v) is 19.3. The third-order valence-electron chi connectivity index (χ3n) is 7.71. The van der Waals surface area contributed by atoms with E-state index in [4.69, 9.17) is 0 Å². The van der Waals surface area contributed by atoms with Crippen LogP contribution in [0.1, 0.15) is 49.1 Å². The van der Waals surface area contributed by atoms with Gasteiger partial charge in [-0.2, -0.15) is 0 Å². The highest BCUT2D eigenvalue weighted by Gasteiger charge is 2.46. The Hall–Kier alpha value is -2.43. The molecule has 0 spiro atoms. The number of para-hydroxylation sites is 2. The quantitative estimate of drug-likeness (QED) is 0.506. The van der Waals surface area contributed by atoms with Crippen LogP contribution in [0.15, 0.2) is 54.6 Å². The van der Waals surface area contributed by atoms with E-state index < -0.39 is 5.60 Å². The molecule has 32 heavy (non-hydrogen) atoms. The van der Waals surface area contributed by atoms with E-state index in [1.165, 1.54) is 23.1 Å². The van der Waals surface area contributed by atoms with Gasteiger partial charge in [-0.1, -0.05) is 42.5 Å². The van der Waals surface area contributed by atoms with E-state index in [1.54, 1.807) is 0 Å². The van der Waals surface area contributed by atoms with E-state index in [-0.39, 0.29) is 5.92 Å². The first kappa shape index (κ1) is 21.4. The van der Waals surface area contributed by atoms with Crippen molar-refractivity contribution in [2.75, 3.05) is 20.1 Å². The molecule has 2 unspecified atom stereocenters. The third kappa shape index (κ3) is 4.26. The number of aliphatic hydroxyl groups is 1. The van der Waals surface area contributed by atoms with Crippen LogP contribution in [0.25, 0.3) is 16.6 Å². The Morgan fingerprint density at radius 1 is 1.09 bits per heavy atom. The molecule has 1 fully saturated rings. The maximum atomic E-state index is 11.5. The second-order valence-electron chi connectivity index (χ2n) is 9.98. The van der Waals surface area contributed by atoms with Gasteiger partial charge in [-0.15, -0.1) is 0 Å². The number of hydrogen-bond acceptors (Lipinski definition) is 3. The molecule has 3 aromatic rings. The summed E-state index contributed by atoms with van der Waals surface area (Å²) in [6, 6.07) is 16.9. The predicted molar refractivity (Wildman–Crippen MR) is 131 cm³/mol. The molecule has 168 valence electrons. The van der Waals surface area contributed by atoms with Gasteiger partial charge in [0.05, 0.1) is 16.6 Å². The van der Waals surface area contributed by atoms with Gasteiger partial charge in [0.2, 0.25) is 0 Å². The number of imidazole rings is 1. The minimum Gasteiger partial charge on any atom is -0.389 e. The molecule has 0 amide bonds. The SMILES string of the molecule is Cc1ccccc1C1=CC2CC[C@H]1CC2(O)CCN(C)CCCc1nc2ccccc2[nH]1. The number of hydrogen-bond donors (Lipinski definition) is 2. The number of aryl methyl sites for hydroxylation is 2. The molecule has 6 rings (SSSR count). The summed E-state index contributed by atoms with van der Waals surface area (Å²) in [5, 5.41) is 11.5. The summed E-state index contributed by atoms with van der Waals surface area (Å²) >= 11 is 0. The Morgan fingerprint density at radius 3 is 2.69 bits per heavy atom. The highest BCUT2D eigenvalue weighted by Crippen LogP contribution is 2.51. The maximum Gasteiger partial charge on any atom is 0.107 e. The zero-order valence-electron chi connectivity index (χ0n) is 19.3. The molecule has 1 heterocycles. The van der Waals surface area contributed by atoms with Gasteiger partial charge in [0, 0.05) is 18.9 Å². The molecule has 3 aliphatic rings. The lowest BCUT2D eigenvalue weighted by molar-refractivity contribution is -0.0574. The summed E-state index contributed by atoms with van der Waals surface area (Å²) in [7, 11) is 2.18. The van der Waals surface area contributed by atoms with Crippen molar-refractivity contribution in [2.24, 2.45) is 11.8 Å². The number of aromatic amines is 1. The lowest BCUT2D eigenvalue weighted by atomic mass is 9.60. The van der Waals surface area contributed by atoms with Crippen LogP contribution in [0.2, 0.25) is 0 Å². The van der Waals surface area contributed by atoms with Gasteiger partial charge in [0.1, 0.15) is 5.82 Å². The van der Waals surface area contributed by atoms with Crippen molar-refractivity contribution >= 4 is 16.6 Å². The number of nitrogens with one attached hydrogen (secondary N) is 1. The Balaban J connectivity index is 1.15. The van der Waals surface area contributed by atoms with Crippen LogP contribution in [0, 0.1) is 18.8 Å². The van der Waals surface area contributed by atoms with E-state index in [1.807, 2.05) is 12.1 Å². The highest BCUT2D eigenvalue weighted by molar-refractivity contribution is 5.74.